The first kappa shape index (κ1) is 14.1. The van der Waals surface area contributed by atoms with E-state index in [1.165, 1.54) is 5.56 Å². The van der Waals surface area contributed by atoms with Gasteiger partial charge in [0.1, 0.15) is 18.6 Å². The SMILES string of the molecule is CCc1cccc(/[C]=N\OCc2cccc(OC)c2)c1. The second kappa shape index (κ2) is 7.34. The van der Waals surface area contributed by atoms with Gasteiger partial charge >= 0.3 is 0 Å². The summed E-state index contributed by atoms with van der Waals surface area (Å²) in [6.07, 6.45) is 3.89. The molecule has 3 heteroatoms. The van der Waals surface area contributed by atoms with Gasteiger partial charge in [0.05, 0.1) is 7.11 Å². The molecule has 1 radical (unpaired) electrons. The summed E-state index contributed by atoms with van der Waals surface area (Å²) in [5.41, 5.74) is 3.20. The van der Waals surface area contributed by atoms with Crippen LogP contribution in [0.15, 0.2) is 53.7 Å². The third kappa shape index (κ3) is 4.12. The predicted molar refractivity (Wildman–Crippen MR) is 80.1 cm³/mol. The highest BCUT2D eigenvalue weighted by molar-refractivity contribution is 5.79. The predicted octanol–water partition coefficient (Wildman–Crippen LogP) is 3.69. The van der Waals surface area contributed by atoms with Crippen LogP contribution in [0.4, 0.5) is 0 Å². The van der Waals surface area contributed by atoms with E-state index in [4.69, 9.17) is 9.57 Å². The molecule has 0 spiro atoms. The van der Waals surface area contributed by atoms with E-state index < -0.39 is 0 Å². The lowest BCUT2D eigenvalue weighted by Crippen LogP contribution is -1.90. The fraction of sp³-hybridized carbons (Fsp3) is 0.235. The quantitative estimate of drug-likeness (QED) is 0.591. The number of rotatable bonds is 6. The van der Waals surface area contributed by atoms with Crippen molar-refractivity contribution in [2.75, 3.05) is 7.11 Å². The van der Waals surface area contributed by atoms with Crippen LogP contribution in [-0.4, -0.2) is 13.3 Å². The molecule has 0 N–H and O–H groups in total. The van der Waals surface area contributed by atoms with Gasteiger partial charge in [0, 0.05) is 5.56 Å². The van der Waals surface area contributed by atoms with Crippen molar-refractivity contribution in [3.63, 3.8) is 0 Å². The molecule has 0 saturated heterocycles. The van der Waals surface area contributed by atoms with E-state index >= 15 is 0 Å². The number of methoxy groups -OCH3 is 1. The molecular weight excluding hydrogens is 250 g/mol. The first-order valence-corrected chi connectivity index (χ1v) is 6.61. The topological polar surface area (TPSA) is 30.8 Å². The molecular formula is C17H18NO2. The van der Waals surface area contributed by atoms with Crippen molar-refractivity contribution in [1.29, 1.82) is 0 Å². The lowest BCUT2D eigenvalue weighted by Gasteiger charge is -2.03. The van der Waals surface area contributed by atoms with Crippen LogP contribution in [0.25, 0.3) is 0 Å². The normalized spacial score (nSPS) is 10.7. The van der Waals surface area contributed by atoms with Crippen LogP contribution in [0, 0.1) is 0 Å². The lowest BCUT2D eigenvalue weighted by atomic mass is 10.1. The van der Waals surface area contributed by atoms with Crippen molar-refractivity contribution in [2.24, 2.45) is 5.16 Å². The molecule has 0 unspecified atom stereocenters. The summed E-state index contributed by atoms with van der Waals surface area (Å²) >= 11 is 0. The minimum absolute atomic E-state index is 0.400. The molecule has 0 heterocycles. The molecule has 0 atom stereocenters. The van der Waals surface area contributed by atoms with Crippen LogP contribution in [-0.2, 0) is 17.9 Å². The Bertz CT molecular complexity index is 579. The van der Waals surface area contributed by atoms with Gasteiger partial charge in [-0.3, -0.25) is 0 Å². The number of nitrogens with zero attached hydrogens (tertiary/aromatic N) is 1. The Balaban J connectivity index is 1.89. The van der Waals surface area contributed by atoms with Crippen LogP contribution in [0.2, 0.25) is 0 Å². The molecule has 0 aromatic heterocycles. The van der Waals surface area contributed by atoms with Crippen LogP contribution in [0.1, 0.15) is 23.6 Å². The summed E-state index contributed by atoms with van der Waals surface area (Å²) in [6, 6.07) is 15.8. The number of benzene rings is 2. The highest BCUT2D eigenvalue weighted by Crippen LogP contribution is 2.13. The minimum Gasteiger partial charge on any atom is -0.497 e. The number of aryl methyl sites for hydroxylation is 1. The molecule has 0 aliphatic rings. The molecule has 0 aliphatic heterocycles. The van der Waals surface area contributed by atoms with E-state index in [0.29, 0.717) is 6.61 Å². The molecule has 2 aromatic rings. The molecule has 0 aliphatic carbocycles. The van der Waals surface area contributed by atoms with Gasteiger partial charge in [-0.2, -0.15) is 0 Å². The van der Waals surface area contributed by atoms with Crippen LogP contribution in [0.5, 0.6) is 5.75 Å². The van der Waals surface area contributed by atoms with Gasteiger partial charge in [-0.1, -0.05) is 42.4 Å². The monoisotopic (exact) mass is 268 g/mol. The number of hydrogen-bond acceptors (Lipinski definition) is 3. The number of ether oxygens (including phenoxy) is 1. The van der Waals surface area contributed by atoms with Crippen molar-refractivity contribution < 1.29 is 9.57 Å². The molecule has 103 valence electrons. The van der Waals surface area contributed by atoms with Gasteiger partial charge < -0.3 is 9.57 Å². The molecule has 0 bridgehead atoms. The molecule has 0 saturated carbocycles. The first-order valence-electron chi connectivity index (χ1n) is 6.61. The minimum atomic E-state index is 0.400. The lowest BCUT2D eigenvalue weighted by molar-refractivity contribution is 0.132. The van der Waals surface area contributed by atoms with Gasteiger partial charge in [0.2, 0.25) is 0 Å². The third-order valence-corrected chi connectivity index (χ3v) is 2.94. The van der Waals surface area contributed by atoms with Crippen molar-refractivity contribution in [3.05, 3.63) is 65.2 Å². The van der Waals surface area contributed by atoms with Crippen molar-refractivity contribution in [3.8, 4) is 5.75 Å². The second-order valence-electron chi connectivity index (χ2n) is 4.38. The van der Waals surface area contributed by atoms with E-state index in [1.807, 2.05) is 36.4 Å². The van der Waals surface area contributed by atoms with E-state index in [0.717, 1.165) is 23.3 Å². The highest BCUT2D eigenvalue weighted by Gasteiger charge is 1.96. The van der Waals surface area contributed by atoms with Crippen molar-refractivity contribution >= 4 is 6.21 Å². The Morgan fingerprint density at radius 1 is 1.05 bits per heavy atom. The summed E-state index contributed by atoms with van der Waals surface area (Å²) in [5.74, 6) is 0.815. The average molecular weight is 268 g/mol. The zero-order valence-electron chi connectivity index (χ0n) is 11.8. The van der Waals surface area contributed by atoms with Crippen molar-refractivity contribution in [1.82, 2.24) is 0 Å². The largest absolute Gasteiger partial charge is 0.497 e. The van der Waals surface area contributed by atoms with E-state index in [-0.39, 0.29) is 0 Å². The fourth-order valence-electron chi connectivity index (χ4n) is 1.81. The van der Waals surface area contributed by atoms with Gasteiger partial charge in [-0.05, 0) is 35.7 Å². The van der Waals surface area contributed by atoms with Gasteiger partial charge in [-0.25, -0.2) is 0 Å². The highest BCUT2D eigenvalue weighted by atomic mass is 16.6. The Labute approximate surface area is 119 Å². The Morgan fingerprint density at radius 2 is 1.85 bits per heavy atom. The third-order valence-electron chi connectivity index (χ3n) is 2.94. The Kier molecular flexibility index (Phi) is 5.18. The summed E-state index contributed by atoms with van der Waals surface area (Å²) in [6.45, 7) is 2.52. The summed E-state index contributed by atoms with van der Waals surface area (Å²) < 4.78 is 5.15. The second-order valence-corrected chi connectivity index (χ2v) is 4.38. The van der Waals surface area contributed by atoms with Gasteiger partial charge in [0.15, 0.2) is 0 Å². The zero-order chi connectivity index (χ0) is 14.2. The van der Waals surface area contributed by atoms with Gasteiger partial charge in [-0.15, -0.1) is 0 Å². The molecule has 20 heavy (non-hydrogen) atoms. The fourth-order valence-corrected chi connectivity index (χ4v) is 1.81. The summed E-state index contributed by atoms with van der Waals surface area (Å²) in [4.78, 5) is 5.25. The Hall–Kier alpha value is -2.29. The van der Waals surface area contributed by atoms with Crippen LogP contribution in [0.3, 0.4) is 0 Å². The molecule has 2 rings (SSSR count). The van der Waals surface area contributed by atoms with E-state index in [2.05, 4.69) is 30.4 Å². The maximum Gasteiger partial charge on any atom is 0.142 e. The summed E-state index contributed by atoms with van der Waals surface area (Å²) in [7, 11) is 1.65. The average Bonchev–Trinajstić information content (AvgIpc) is 2.52. The Morgan fingerprint density at radius 3 is 2.65 bits per heavy atom. The van der Waals surface area contributed by atoms with Crippen LogP contribution >= 0.6 is 0 Å². The molecule has 0 amide bonds. The maximum absolute atomic E-state index is 5.25. The first-order chi connectivity index (χ1) is 9.81. The molecule has 3 nitrogen and oxygen atoms in total. The smallest absolute Gasteiger partial charge is 0.142 e. The maximum atomic E-state index is 5.25. The number of hydrogen-bond donors (Lipinski definition) is 0. The van der Waals surface area contributed by atoms with E-state index in [1.54, 1.807) is 7.11 Å². The molecule has 0 fully saturated rings. The zero-order valence-corrected chi connectivity index (χ0v) is 11.8. The van der Waals surface area contributed by atoms with Crippen molar-refractivity contribution in [2.45, 2.75) is 20.0 Å². The van der Waals surface area contributed by atoms with Crippen LogP contribution < -0.4 is 4.74 Å². The molecule has 2 aromatic carbocycles. The van der Waals surface area contributed by atoms with E-state index in [9.17, 15) is 0 Å². The van der Waals surface area contributed by atoms with Gasteiger partial charge in [0.25, 0.3) is 0 Å². The standard InChI is InChI=1S/C17H18NO2/c1-3-14-6-4-7-15(10-14)12-18-20-13-16-8-5-9-17(11-16)19-2/h4-11H,3,13H2,1-2H3. The summed E-state index contributed by atoms with van der Waals surface area (Å²) in [5, 5.41) is 3.88.